The Morgan fingerprint density at radius 3 is 3.05 bits per heavy atom. The molecule has 0 spiro atoms. The number of ether oxygens (including phenoxy) is 1. The fourth-order valence-corrected chi connectivity index (χ4v) is 2.83. The number of likely N-dealkylation sites (tertiary alicyclic amines) is 1. The summed E-state index contributed by atoms with van der Waals surface area (Å²) < 4.78 is 5.82. The molecule has 2 rings (SSSR count). The lowest BCUT2D eigenvalue weighted by atomic mass is 10.0. The number of carbonyl (C=O) groups is 1. The lowest BCUT2D eigenvalue weighted by Crippen LogP contribution is -2.47. The molecule has 5 nitrogen and oxygen atoms in total. The van der Waals surface area contributed by atoms with E-state index >= 15 is 0 Å². The largest absolute Gasteiger partial charge is 0.492 e. The lowest BCUT2D eigenvalue weighted by Gasteiger charge is -2.25. The van der Waals surface area contributed by atoms with Gasteiger partial charge >= 0.3 is 5.97 Å². The first-order valence-corrected chi connectivity index (χ1v) is 7.92. The highest BCUT2D eigenvalue weighted by Gasteiger charge is 2.33. The first-order valence-electron chi connectivity index (χ1n) is 7.92. The molecule has 0 saturated carbocycles. The highest BCUT2D eigenvalue weighted by Crippen LogP contribution is 2.20. The van der Waals surface area contributed by atoms with Crippen molar-refractivity contribution in [3.63, 3.8) is 0 Å². The van der Waals surface area contributed by atoms with Crippen LogP contribution >= 0.6 is 0 Å². The van der Waals surface area contributed by atoms with Crippen molar-refractivity contribution in [2.24, 2.45) is 0 Å². The molecule has 2 N–H and O–H groups in total. The number of aryl methyl sites for hydroxylation is 1. The van der Waals surface area contributed by atoms with Crippen LogP contribution in [0.1, 0.15) is 25.8 Å². The predicted octanol–water partition coefficient (Wildman–Crippen LogP) is 1.77. The first-order chi connectivity index (χ1) is 10.5. The zero-order chi connectivity index (χ0) is 16.0. The summed E-state index contributed by atoms with van der Waals surface area (Å²) in [7, 11) is 0. The van der Waals surface area contributed by atoms with Gasteiger partial charge in [-0.05, 0) is 37.5 Å². The average molecular weight is 306 g/mol. The van der Waals surface area contributed by atoms with Gasteiger partial charge in [-0.15, -0.1) is 0 Å². The molecule has 0 radical (unpaired) electrons. The number of nitrogens with one attached hydrogen (secondary N) is 1. The third-order valence-corrected chi connectivity index (χ3v) is 4.20. The van der Waals surface area contributed by atoms with Gasteiger partial charge in [0.15, 0.2) is 0 Å². The fourth-order valence-electron chi connectivity index (χ4n) is 2.83. The molecule has 1 aliphatic rings. The summed E-state index contributed by atoms with van der Waals surface area (Å²) in [4.78, 5) is 13.0. The van der Waals surface area contributed by atoms with Gasteiger partial charge in [-0.1, -0.05) is 19.1 Å². The Balaban J connectivity index is 1.73. The summed E-state index contributed by atoms with van der Waals surface area (Å²) in [5, 5.41) is 11.9. The molecule has 1 aromatic carbocycles. The Morgan fingerprint density at radius 1 is 1.50 bits per heavy atom. The maximum atomic E-state index is 10.7. The van der Waals surface area contributed by atoms with Gasteiger partial charge in [-0.3, -0.25) is 9.69 Å². The van der Waals surface area contributed by atoms with Crippen LogP contribution in [-0.2, 0) is 11.2 Å². The second-order valence-electron chi connectivity index (χ2n) is 6.18. The molecule has 1 heterocycles. The molecular weight excluding hydrogens is 280 g/mol. The van der Waals surface area contributed by atoms with E-state index in [9.17, 15) is 4.79 Å². The third kappa shape index (κ3) is 5.00. The van der Waals surface area contributed by atoms with Crippen molar-refractivity contribution in [1.82, 2.24) is 10.2 Å². The smallest absolute Gasteiger partial charge is 0.317 e. The quantitative estimate of drug-likeness (QED) is 0.766. The summed E-state index contributed by atoms with van der Waals surface area (Å²) >= 11 is 0. The molecule has 1 saturated heterocycles. The molecule has 1 aliphatic heterocycles. The number of benzene rings is 1. The van der Waals surface area contributed by atoms with Crippen molar-refractivity contribution >= 4 is 5.97 Å². The summed E-state index contributed by atoms with van der Waals surface area (Å²) in [6.07, 6.45) is 1.97. The van der Waals surface area contributed by atoms with Gasteiger partial charge in [0.2, 0.25) is 0 Å². The number of carboxylic acid groups (broad SMARTS) is 1. The van der Waals surface area contributed by atoms with E-state index in [1.165, 1.54) is 5.56 Å². The Bertz CT molecular complexity index is 506. The summed E-state index contributed by atoms with van der Waals surface area (Å²) in [5.41, 5.74) is 1.17. The highest BCUT2D eigenvalue weighted by atomic mass is 16.5. The Hall–Kier alpha value is -1.59. The molecule has 1 aromatic rings. The maximum absolute atomic E-state index is 10.7. The van der Waals surface area contributed by atoms with Crippen LogP contribution in [0.5, 0.6) is 5.75 Å². The number of nitrogens with zero attached hydrogens (tertiary/aromatic N) is 1. The predicted molar refractivity (Wildman–Crippen MR) is 86.4 cm³/mol. The summed E-state index contributed by atoms with van der Waals surface area (Å²) in [6, 6.07) is 8.20. The molecular formula is C17H26N2O3. The van der Waals surface area contributed by atoms with Gasteiger partial charge < -0.3 is 15.2 Å². The van der Waals surface area contributed by atoms with E-state index in [0.29, 0.717) is 6.61 Å². The third-order valence-electron chi connectivity index (χ3n) is 4.20. The Labute approximate surface area is 132 Å². The van der Waals surface area contributed by atoms with Crippen molar-refractivity contribution in [2.45, 2.75) is 32.2 Å². The van der Waals surface area contributed by atoms with Gasteiger partial charge in [0.25, 0.3) is 0 Å². The minimum absolute atomic E-state index is 0.0185. The van der Waals surface area contributed by atoms with Crippen LogP contribution < -0.4 is 10.1 Å². The average Bonchev–Trinajstić information content (AvgIpc) is 2.88. The number of carboxylic acids is 1. The molecule has 0 aliphatic carbocycles. The van der Waals surface area contributed by atoms with E-state index in [1.54, 1.807) is 0 Å². The molecule has 1 fully saturated rings. The number of hydrogen-bond donors (Lipinski definition) is 2. The van der Waals surface area contributed by atoms with Crippen molar-refractivity contribution < 1.29 is 14.6 Å². The maximum Gasteiger partial charge on any atom is 0.317 e. The van der Waals surface area contributed by atoms with Crippen LogP contribution in [0.15, 0.2) is 24.3 Å². The normalized spacial score (nSPS) is 21.9. The first kappa shape index (κ1) is 16.8. The molecule has 1 unspecified atom stereocenters. The van der Waals surface area contributed by atoms with E-state index in [1.807, 2.05) is 12.1 Å². The van der Waals surface area contributed by atoms with Crippen LogP contribution in [0, 0.1) is 0 Å². The van der Waals surface area contributed by atoms with Gasteiger partial charge in [0.05, 0.1) is 6.54 Å². The van der Waals surface area contributed by atoms with Gasteiger partial charge in [-0.2, -0.15) is 0 Å². The standard InChI is InChI=1S/C17H26N2O3/c1-3-14-5-4-6-15(11-14)22-10-9-19-8-7-17(2,13-19)18-12-16(20)21/h4-6,11,18H,3,7-10,12-13H2,1-2H3,(H,20,21). The molecule has 122 valence electrons. The minimum atomic E-state index is -0.807. The van der Waals surface area contributed by atoms with Crippen molar-refractivity contribution in [3.8, 4) is 5.75 Å². The monoisotopic (exact) mass is 306 g/mol. The fraction of sp³-hybridized carbons (Fsp3) is 0.588. The molecule has 0 bridgehead atoms. The SMILES string of the molecule is CCc1cccc(OCCN2CCC(C)(NCC(=O)O)C2)c1. The van der Waals surface area contributed by atoms with E-state index in [-0.39, 0.29) is 12.1 Å². The molecule has 22 heavy (non-hydrogen) atoms. The zero-order valence-electron chi connectivity index (χ0n) is 13.5. The van der Waals surface area contributed by atoms with E-state index < -0.39 is 5.97 Å². The number of aliphatic carboxylic acids is 1. The Morgan fingerprint density at radius 2 is 2.32 bits per heavy atom. The number of rotatable bonds is 8. The van der Waals surface area contributed by atoms with E-state index in [0.717, 1.165) is 38.2 Å². The van der Waals surface area contributed by atoms with Crippen molar-refractivity contribution in [3.05, 3.63) is 29.8 Å². The summed E-state index contributed by atoms with van der Waals surface area (Å²) in [5.74, 6) is 0.115. The number of hydrogen-bond acceptors (Lipinski definition) is 4. The van der Waals surface area contributed by atoms with E-state index in [2.05, 4.69) is 36.2 Å². The molecule has 0 amide bonds. The van der Waals surface area contributed by atoms with Crippen LogP contribution in [-0.4, -0.2) is 54.3 Å². The van der Waals surface area contributed by atoms with E-state index in [4.69, 9.17) is 9.84 Å². The molecule has 1 atom stereocenters. The van der Waals surface area contributed by atoms with Gasteiger partial charge in [0, 0.05) is 25.2 Å². The zero-order valence-corrected chi connectivity index (χ0v) is 13.5. The summed E-state index contributed by atoms with van der Waals surface area (Å²) in [6.45, 7) is 7.59. The van der Waals surface area contributed by atoms with Gasteiger partial charge in [0.1, 0.15) is 12.4 Å². The Kier molecular flexibility index (Phi) is 5.80. The molecule has 0 aromatic heterocycles. The highest BCUT2D eigenvalue weighted by molar-refractivity contribution is 5.69. The van der Waals surface area contributed by atoms with Crippen molar-refractivity contribution in [2.75, 3.05) is 32.8 Å². The van der Waals surface area contributed by atoms with Crippen LogP contribution in [0.25, 0.3) is 0 Å². The second-order valence-corrected chi connectivity index (χ2v) is 6.18. The molecule has 5 heteroatoms. The van der Waals surface area contributed by atoms with Crippen LogP contribution in [0.3, 0.4) is 0 Å². The van der Waals surface area contributed by atoms with Gasteiger partial charge in [-0.25, -0.2) is 0 Å². The topological polar surface area (TPSA) is 61.8 Å². The van der Waals surface area contributed by atoms with Crippen LogP contribution in [0.4, 0.5) is 0 Å². The second kappa shape index (κ2) is 7.61. The lowest BCUT2D eigenvalue weighted by molar-refractivity contribution is -0.136. The van der Waals surface area contributed by atoms with Crippen LogP contribution in [0.2, 0.25) is 0 Å². The minimum Gasteiger partial charge on any atom is -0.492 e. The van der Waals surface area contributed by atoms with Crippen molar-refractivity contribution in [1.29, 1.82) is 0 Å².